The highest BCUT2D eigenvalue weighted by Crippen LogP contribution is 2.40. The molecular weight excluding hydrogens is 370 g/mol. The predicted octanol–water partition coefficient (Wildman–Crippen LogP) is 4.12. The smallest absolute Gasteiger partial charge is 0.203 e. The summed E-state index contributed by atoms with van der Waals surface area (Å²) < 4.78 is 23.4. The van der Waals surface area contributed by atoms with Crippen molar-refractivity contribution in [3.05, 3.63) is 54.7 Å². The molecule has 2 aromatic carbocycles. The first-order valence-corrected chi connectivity index (χ1v) is 8.98. The number of benzene rings is 2. The fourth-order valence-corrected chi connectivity index (χ4v) is 3.28. The molecule has 4 rings (SSSR count). The van der Waals surface area contributed by atoms with Crippen LogP contribution in [0.4, 0.5) is 0 Å². The second-order valence-corrected chi connectivity index (χ2v) is 6.25. The van der Waals surface area contributed by atoms with Crippen LogP contribution >= 0.6 is 0 Å². The Balaban J connectivity index is 1.93. The second kappa shape index (κ2) is 7.71. The molecule has 2 heterocycles. The molecule has 148 valence electrons. The fourth-order valence-electron chi connectivity index (χ4n) is 3.28. The molecule has 7 heteroatoms. The Kier molecular flexibility index (Phi) is 4.95. The summed E-state index contributed by atoms with van der Waals surface area (Å²) in [6.45, 7) is 0. The Morgan fingerprint density at radius 3 is 2.07 bits per heavy atom. The first-order valence-electron chi connectivity index (χ1n) is 8.98. The molecule has 7 nitrogen and oxygen atoms in total. The topological polar surface area (TPSA) is 67.6 Å². The number of pyridine rings is 1. The minimum Gasteiger partial charge on any atom is -0.497 e. The van der Waals surface area contributed by atoms with Gasteiger partial charge in [-0.3, -0.25) is 0 Å². The van der Waals surface area contributed by atoms with Crippen molar-refractivity contribution in [2.45, 2.75) is 0 Å². The van der Waals surface area contributed by atoms with Gasteiger partial charge < -0.3 is 18.9 Å². The van der Waals surface area contributed by atoms with Crippen molar-refractivity contribution in [1.29, 1.82) is 0 Å². The molecule has 0 unspecified atom stereocenters. The molecular formula is C22H21N3O4. The SMILES string of the molecule is COc1ccc(-c2nn(-c3cc(OC)c(OC)c(OC)c3)c3ncccc23)cc1. The third-order valence-electron chi connectivity index (χ3n) is 4.70. The summed E-state index contributed by atoms with van der Waals surface area (Å²) in [5.41, 5.74) is 3.27. The molecule has 0 N–H and O–H groups in total. The van der Waals surface area contributed by atoms with Gasteiger partial charge in [0.2, 0.25) is 5.75 Å². The molecule has 0 saturated heterocycles. The zero-order valence-corrected chi connectivity index (χ0v) is 16.7. The van der Waals surface area contributed by atoms with Crippen LogP contribution in [0.5, 0.6) is 23.0 Å². The monoisotopic (exact) mass is 391 g/mol. The summed E-state index contributed by atoms with van der Waals surface area (Å²) in [6.07, 6.45) is 1.75. The number of aromatic nitrogens is 3. The molecule has 0 radical (unpaired) electrons. The Bertz CT molecular complexity index is 1130. The Labute approximate surface area is 168 Å². The number of hydrogen-bond donors (Lipinski definition) is 0. The van der Waals surface area contributed by atoms with Crippen molar-refractivity contribution in [2.24, 2.45) is 0 Å². The molecule has 0 fully saturated rings. The summed E-state index contributed by atoms with van der Waals surface area (Å²) in [6, 6.07) is 15.4. The molecule has 29 heavy (non-hydrogen) atoms. The normalized spacial score (nSPS) is 10.8. The molecule has 0 aliphatic carbocycles. The number of fused-ring (bicyclic) bond motifs is 1. The van der Waals surface area contributed by atoms with Gasteiger partial charge in [-0.25, -0.2) is 9.67 Å². The zero-order valence-electron chi connectivity index (χ0n) is 16.7. The molecule has 0 amide bonds. The highest BCUT2D eigenvalue weighted by molar-refractivity contribution is 5.92. The number of ether oxygens (including phenoxy) is 4. The molecule has 2 aromatic heterocycles. The average Bonchev–Trinajstić information content (AvgIpc) is 3.17. The van der Waals surface area contributed by atoms with Gasteiger partial charge in [0.1, 0.15) is 11.4 Å². The van der Waals surface area contributed by atoms with Crippen LogP contribution < -0.4 is 18.9 Å². The molecule has 0 bridgehead atoms. The molecule has 0 aliphatic heterocycles. The van der Waals surface area contributed by atoms with E-state index in [-0.39, 0.29) is 0 Å². The van der Waals surface area contributed by atoms with E-state index in [4.69, 9.17) is 24.0 Å². The van der Waals surface area contributed by atoms with Crippen molar-refractivity contribution in [3.63, 3.8) is 0 Å². The van der Waals surface area contributed by atoms with E-state index in [0.29, 0.717) is 17.2 Å². The van der Waals surface area contributed by atoms with E-state index >= 15 is 0 Å². The standard InChI is InChI=1S/C22H21N3O4/c1-26-16-9-7-14(8-10-16)20-17-6-5-11-23-22(17)25(24-20)15-12-18(27-2)21(29-4)19(13-15)28-3/h5-13H,1-4H3. The van der Waals surface area contributed by atoms with Crippen LogP contribution in [0.15, 0.2) is 54.7 Å². The van der Waals surface area contributed by atoms with Crippen molar-refractivity contribution in [3.8, 4) is 39.9 Å². The van der Waals surface area contributed by atoms with Gasteiger partial charge in [-0.15, -0.1) is 0 Å². The third-order valence-corrected chi connectivity index (χ3v) is 4.70. The molecule has 0 spiro atoms. The highest BCUT2D eigenvalue weighted by atomic mass is 16.5. The lowest BCUT2D eigenvalue weighted by Crippen LogP contribution is -2.01. The maximum Gasteiger partial charge on any atom is 0.203 e. The number of nitrogens with zero attached hydrogens (tertiary/aromatic N) is 3. The largest absolute Gasteiger partial charge is 0.497 e. The van der Waals surface area contributed by atoms with Crippen LogP contribution in [0.1, 0.15) is 0 Å². The lowest BCUT2D eigenvalue weighted by Gasteiger charge is -2.14. The quantitative estimate of drug-likeness (QED) is 0.492. The molecule has 0 aliphatic rings. The number of rotatable bonds is 6. The van der Waals surface area contributed by atoms with Gasteiger partial charge in [0.25, 0.3) is 0 Å². The van der Waals surface area contributed by atoms with Gasteiger partial charge in [-0.05, 0) is 36.4 Å². The summed E-state index contributed by atoms with van der Waals surface area (Å²) in [7, 11) is 6.40. The van der Waals surface area contributed by atoms with Crippen LogP contribution in [-0.4, -0.2) is 43.2 Å². The average molecular weight is 391 g/mol. The Morgan fingerprint density at radius 1 is 0.793 bits per heavy atom. The maximum absolute atomic E-state index is 5.49. The summed E-state index contributed by atoms with van der Waals surface area (Å²) in [5.74, 6) is 2.42. The zero-order chi connectivity index (χ0) is 20.4. The summed E-state index contributed by atoms with van der Waals surface area (Å²) in [5, 5.41) is 5.79. The van der Waals surface area contributed by atoms with Gasteiger partial charge in [0.05, 0.1) is 34.1 Å². The van der Waals surface area contributed by atoms with Gasteiger partial charge in [-0.1, -0.05) is 0 Å². The Morgan fingerprint density at radius 2 is 1.48 bits per heavy atom. The van der Waals surface area contributed by atoms with E-state index in [1.165, 1.54) is 0 Å². The second-order valence-electron chi connectivity index (χ2n) is 6.25. The van der Waals surface area contributed by atoms with E-state index in [2.05, 4.69) is 4.98 Å². The van der Waals surface area contributed by atoms with Crippen molar-refractivity contribution >= 4 is 11.0 Å². The van der Waals surface area contributed by atoms with Gasteiger partial charge >= 0.3 is 0 Å². The van der Waals surface area contributed by atoms with Crippen molar-refractivity contribution in [2.75, 3.05) is 28.4 Å². The molecule has 0 atom stereocenters. The maximum atomic E-state index is 5.49. The number of methoxy groups -OCH3 is 4. The number of hydrogen-bond acceptors (Lipinski definition) is 6. The molecule has 0 saturated carbocycles. The Hall–Kier alpha value is -3.74. The van der Waals surface area contributed by atoms with Gasteiger partial charge in [0.15, 0.2) is 17.1 Å². The van der Waals surface area contributed by atoms with Gasteiger partial charge in [-0.2, -0.15) is 5.10 Å². The first kappa shape index (κ1) is 18.6. The minimum absolute atomic E-state index is 0.526. The van der Waals surface area contributed by atoms with E-state index in [1.54, 1.807) is 39.3 Å². The lowest BCUT2D eigenvalue weighted by atomic mass is 10.1. The van der Waals surface area contributed by atoms with Crippen LogP contribution in [0.3, 0.4) is 0 Å². The van der Waals surface area contributed by atoms with Crippen molar-refractivity contribution in [1.82, 2.24) is 14.8 Å². The lowest BCUT2D eigenvalue weighted by molar-refractivity contribution is 0.324. The van der Waals surface area contributed by atoms with E-state index in [1.807, 2.05) is 48.5 Å². The van der Waals surface area contributed by atoms with Crippen LogP contribution in [-0.2, 0) is 0 Å². The summed E-state index contributed by atoms with van der Waals surface area (Å²) in [4.78, 5) is 4.55. The summed E-state index contributed by atoms with van der Waals surface area (Å²) >= 11 is 0. The first-order chi connectivity index (χ1) is 14.2. The van der Waals surface area contributed by atoms with Crippen LogP contribution in [0.2, 0.25) is 0 Å². The van der Waals surface area contributed by atoms with Crippen molar-refractivity contribution < 1.29 is 18.9 Å². The minimum atomic E-state index is 0.526. The van der Waals surface area contributed by atoms with E-state index < -0.39 is 0 Å². The van der Waals surface area contributed by atoms with E-state index in [9.17, 15) is 0 Å². The van der Waals surface area contributed by atoms with Crippen LogP contribution in [0.25, 0.3) is 28.0 Å². The van der Waals surface area contributed by atoms with E-state index in [0.717, 1.165) is 33.7 Å². The molecule has 4 aromatic rings. The third kappa shape index (κ3) is 3.20. The predicted molar refractivity (Wildman–Crippen MR) is 111 cm³/mol. The van der Waals surface area contributed by atoms with Crippen LogP contribution in [0, 0.1) is 0 Å². The highest BCUT2D eigenvalue weighted by Gasteiger charge is 2.19. The fraction of sp³-hybridized carbons (Fsp3) is 0.182. The van der Waals surface area contributed by atoms with Gasteiger partial charge in [0, 0.05) is 29.3 Å².